The summed E-state index contributed by atoms with van der Waals surface area (Å²) in [5, 5.41) is 9.26. The van der Waals surface area contributed by atoms with Gasteiger partial charge in [-0.25, -0.2) is 0 Å². The van der Waals surface area contributed by atoms with Crippen LogP contribution in [0.3, 0.4) is 0 Å². The topological polar surface area (TPSA) is 40.1 Å². The van der Waals surface area contributed by atoms with Crippen molar-refractivity contribution in [2.24, 2.45) is 23.7 Å². The molecule has 82 valence electrons. The van der Waals surface area contributed by atoms with E-state index in [-0.39, 0.29) is 6.42 Å². The second kappa shape index (κ2) is 4.21. The molecule has 1 saturated carbocycles. The van der Waals surface area contributed by atoms with Crippen molar-refractivity contribution in [2.45, 2.75) is 26.2 Å². The summed E-state index contributed by atoms with van der Waals surface area (Å²) in [6.45, 7) is 1.54. The molecule has 2 nitrogen and oxygen atoms in total. The van der Waals surface area contributed by atoms with Gasteiger partial charge in [-0.05, 0) is 42.9 Å². The molecule has 0 aromatic heterocycles. The standard InChI is InChI=1S/C10H12.C3H6O2/c1-2-9-7-4-5-8(6-7)10(9)3-1;1-2-3(4)5/h1-2,4-5,7-10H,3,6H2;2H2,1H3,(H,4,5)/p-1. The van der Waals surface area contributed by atoms with Crippen LogP contribution in [0.2, 0.25) is 0 Å². The van der Waals surface area contributed by atoms with E-state index in [0.29, 0.717) is 0 Å². The highest BCUT2D eigenvalue weighted by Crippen LogP contribution is 2.52. The molecule has 0 heterocycles. The molecule has 0 aliphatic heterocycles. The number of rotatable bonds is 1. The molecule has 1 fully saturated rings. The molecule has 0 aromatic rings. The highest BCUT2D eigenvalue weighted by Gasteiger charge is 2.44. The number of fused-ring (bicyclic) bond motifs is 5. The first-order valence-corrected chi connectivity index (χ1v) is 5.77. The van der Waals surface area contributed by atoms with Crippen molar-refractivity contribution in [3.63, 3.8) is 0 Å². The van der Waals surface area contributed by atoms with Gasteiger partial charge in [-0.3, -0.25) is 0 Å². The minimum absolute atomic E-state index is 0.111. The molecule has 0 radical (unpaired) electrons. The highest BCUT2D eigenvalue weighted by atomic mass is 16.4. The molecule has 0 amide bonds. The number of carbonyl (C=O) groups is 1. The van der Waals surface area contributed by atoms with Gasteiger partial charge in [-0.2, -0.15) is 0 Å². The van der Waals surface area contributed by atoms with Crippen LogP contribution in [0.25, 0.3) is 0 Å². The van der Waals surface area contributed by atoms with Crippen LogP contribution in [-0.4, -0.2) is 5.97 Å². The first kappa shape index (κ1) is 10.5. The van der Waals surface area contributed by atoms with Gasteiger partial charge in [0, 0.05) is 5.97 Å². The predicted octanol–water partition coefficient (Wildman–Crippen LogP) is 1.53. The Kier molecular flexibility index (Phi) is 2.94. The minimum Gasteiger partial charge on any atom is -0.550 e. The van der Waals surface area contributed by atoms with Gasteiger partial charge in [0.1, 0.15) is 0 Å². The van der Waals surface area contributed by atoms with E-state index >= 15 is 0 Å². The molecule has 3 aliphatic carbocycles. The Bertz CT molecular complexity index is 304. The Labute approximate surface area is 90.7 Å². The van der Waals surface area contributed by atoms with Crippen molar-refractivity contribution in [1.29, 1.82) is 0 Å². The monoisotopic (exact) mass is 205 g/mol. The number of carboxylic acid groups (broad SMARTS) is 1. The molecular formula is C13H17O2-. The molecule has 4 atom stereocenters. The summed E-state index contributed by atoms with van der Waals surface area (Å²) in [5.41, 5.74) is 0. The molecule has 3 aliphatic rings. The SMILES string of the molecule is C1=CC2C3C=CC(C3)C2C1.CCC(=O)[O-]. The van der Waals surface area contributed by atoms with E-state index in [4.69, 9.17) is 0 Å². The van der Waals surface area contributed by atoms with E-state index in [0.717, 1.165) is 23.7 Å². The van der Waals surface area contributed by atoms with Crippen LogP contribution in [-0.2, 0) is 4.79 Å². The van der Waals surface area contributed by atoms with Crippen molar-refractivity contribution in [1.82, 2.24) is 0 Å². The van der Waals surface area contributed by atoms with E-state index in [2.05, 4.69) is 24.3 Å². The second-order valence-electron chi connectivity index (χ2n) is 4.58. The summed E-state index contributed by atoms with van der Waals surface area (Å²) >= 11 is 0. The fourth-order valence-electron chi connectivity index (χ4n) is 2.97. The maximum absolute atomic E-state index is 9.26. The molecule has 4 unspecified atom stereocenters. The minimum atomic E-state index is -0.995. The molecule has 15 heavy (non-hydrogen) atoms. The molecule has 0 spiro atoms. The van der Waals surface area contributed by atoms with Crippen molar-refractivity contribution in [2.75, 3.05) is 0 Å². The normalized spacial score (nSPS) is 38.7. The second-order valence-corrected chi connectivity index (χ2v) is 4.58. The summed E-state index contributed by atoms with van der Waals surface area (Å²) in [5.74, 6) is 2.83. The van der Waals surface area contributed by atoms with E-state index in [1.807, 2.05) is 0 Å². The third-order valence-corrected chi connectivity index (χ3v) is 3.74. The number of allylic oxidation sites excluding steroid dienone is 4. The van der Waals surface area contributed by atoms with Crippen LogP contribution in [0.15, 0.2) is 24.3 Å². The number of hydrogen-bond acceptors (Lipinski definition) is 2. The van der Waals surface area contributed by atoms with Crippen LogP contribution in [0.4, 0.5) is 0 Å². The average molecular weight is 205 g/mol. The van der Waals surface area contributed by atoms with Crippen molar-refractivity contribution < 1.29 is 9.90 Å². The number of hydrogen-bond donors (Lipinski definition) is 0. The third kappa shape index (κ3) is 1.99. The summed E-state index contributed by atoms with van der Waals surface area (Å²) in [6.07, 6.45) is 12.6. The number of aliphatic carboxylic acids is 1. The zero-order valence-electron chi connectivity index (χ0n) is 9.06. The summed E-state index contributed by atoms with van der Waals surface area (Å²) in [6, 6.07) is 0. The third-order valence-electron chi connectivity index (χ3n) is 3.74. The summed E-state index contributed by atoms with van der Waals surface area (Å²) in [4.78, 5) is 9.26. The Morgan fingerprint density at radius 2 is 2.00 bits per heavy atom. The van der Waals surface area contributed by atoms with E-state index in [1.54, 1.807) is 0 Å². The molecule has 2 heteroatoms. The average Bonchev–Trinajstić information content (AvgIpc) is 2.91. The van der Waals surface area contributed by atoms with Crippen LogP contribution >= 0.6 is 0 Å². The Morgan fingerprint density at radius 1 is 1.33 bits per heavy atom. The van der Waals surface area contributed by atoms with Crippen LogP contribution in [0.5, 0.6) is 0 Å². The van der Waals surface area contributed by atoms with Gasteiger partial charge in [0.2, 0.25) is 0 Å². The fraction of sp³-hybridized carbons (Fsp3) is 0.615. The van der Waals surface area contributed by atoms with Gasteiger partial charge >= 0.3 is 0 Å². The molecule has 0 aromatic carbocycles. The van der Waals surface area contributed by atoms with E-state index < -0.39 is 5.97 Å². The van der Waals surface area contributed by atoms with Crippen molar-refractivity contribution in [3.8, 4) is 0 Å². The number of carboxylic acids is 1. The van der Waals surface area contributed by atoms with Crippen LogP contribution in [0, 0.1) is 23.7 Å². The van der Waals surface area contributed by atoms with Gasteiger partial charge in [0.25, 0.3) is 0 Å². The predicted molar refractivity (Wildman–Crippen MR) is 56.8 cm³/mol. The Balaban J connectivity index is 0.000000149. The van der Waals surface area contributed by atoms with Gasteiger partial charge in [0.15, 0.2) is 0 Å². The largest absolute Gasteiger partial charge is 0.550 e. The van der Waals surface area contributed by atoms with E-state index in [9.17, 15) is 9.90 Å². The number of carbonyl (C=O) groups excluding carboxylic acids is 1. The lowest BCUT2D eigenvalue weighted by Crippen LogP contribution is -2.19. The first-order chi connectivity index (χ1) is 7.22. The van der Waals surface area contributed by atoms with E-state index in [1.165, 1.54) is 19.8 Å². The summed E-state index contributed by atoms with van der Waals surface area (Å²) in [7, 11) is 0. The summed E-state index contributed by atoms with van der Waals surface area (Å²) < 4.78 is 0. The molecule has 3 rings (SSSR count). The van der Waals surface area contributed by atoms with Crippen LogP contribution in [0.1, 0.15) is 26.2 Å². The maximum Gasteiger partial charge on any atom is 0.0411 e. The molecule has 2 bridgehead atoms. The zero-order chi connectivity index (χ0) is 10.8. The lowest BCUT2D eigenvalue weighted by Gasteiger charge is -2.18. The lowest BCUT2D eigenvalue weighted by molar-refractivity contribution is -0.305. The Morgan fingerprint density at radius 3 is 2.60 bits per heavy atom. The van der Waals surface area contributed by atoms with Crippen LogP contribution < -0.4 is 5.11 Å². The van der Waals surface area contributed by atoms with Gasteiger partial charge in [0.05, 0.1) is 0 Å². The molecule has 0 N–H and O–H groups in total. The van der Waals surface area contributed by atoms with Gasteiger partial charge < -0.3 is 9.90 Å². The highest BCUT2D eigenvalue weighted by molar-refractivity contribution is 5.63. The Hall–Kier alpha value is -1.05. The van der Waals surface area contributed by atoms with Crippen molar-refractivity contribution >= 4 is 5.97 Å². The fourth-order valence-corrected chi connectivity index (χ4v) is 2.97. The smallest absolute Gasteiger partial charge is 0.0411 e. The zero-order valence-corrected chi connectivity index (χ0v) is 9.06. The lowest BCUT2D eigenvalue weighted by atomic mass is 9.86. The maximum atomic E-state index is 9.26. The van der Waals surface area contributed by atoms with Crippen molar-refractivity contribution in [3.05, 3.63) is 24.3 Å². The molecular weight excluding hydrogens is 188 g/mol. The quantitative estimate of drug-likeness (QED) is 0.609. The van der Waals surface area contributed by atoms with Gasteiger partial charge in [-0.15, -0.1) is 0 Å². The first-order valence-electron chi connectivity index (χ1n) is 5.77. The van der Waals surface area contributed by atoms with Gasteiger partial charge in [-0.1, -0.05) is 31.2 Å². The molecule has 0 saturated heterocycles.